The molecule has 3 heteroatoms. The van der Waals surface area contributed by atoms with Crippen molar-refractivity contribution >= 4 is 0 Å². The molecule has 2 aromatic rings. The first kappa shape index (κ1) is 10.9. The number of hydrogen-bond acceptors (Lipinski definition) is 2. The summed E-state index contributed by atoms with van der Waals surface area (Å²) >= 11 is 0. The van der Waals surface area contributed by atoms with E-state index in [9.17, 15) is 0 Å². The Morgan fingerprint density at radius 1 is 1.25 bits per heavy atom. The van der Waals surface area contributed by atoms with Crippen LogP contribution in [0.4, 0.5) is 0 Å². The SMILES string of the molecule is Cc1ccc(CNCCn2ccnc2)cc1. The zero-order valence-electron chi connectivity index (χ0n) is 9.56. The summed E-state index contributed by atoms with van der Waals surface area (Å²) in [4.78, 5) is 4.00. The molecule has 1 heterocycles. The van der Waals surface area contributed by atoms with Gasteiger partial charge in [-0.25, -0.2) is 4.98 Å². The lowest BCUT2D eigenvalue weighted by atomic mass is 10.1. The van der Waals surface area contributed by atoms with E-state index in [0.29, 0.717) is 0 Å². The average Bonchev–Trinajstić information content (AvgIpc) is 2.80. The molecule has 0 fully saturated rings. The minimum absolute atomic E-state index is 0.926. The first-order valence-electron chi connectivity index (χ1n) is 5.56. The van der Waals surface area contributed by atoms with E-state index in [1.54, 1.807) is 6.20 Å². The number of nitrogens with zero attached hydrogens (tertiary/aromatic N) is 2. The number of aryl methyl sites for hydroxylation is 1. The lowest BCUT2D eigenvalue weighted by Gasteiger charge is -2.05. The van der Waals surface area contributed by atoms with Crippen LogP contribution in [0.5, 0.6) is 0 Å². The maximum absolute atomic E-state index is 4.00. The molecule has 0 unspecified atom stereocenters. The number of aromatic nitrogens is 2. The molecule has 1 aromatic carbocycles. The highest BCUT2D eigenvalue weighted by molar-refractivity contribution is 5.20. The van der Waals surface area contributed by atoms with Crippen molar-refractivity contribution in [3.8, 4) is 0 Å². The monoisotopic (exact) mass is 215 g/mol. The van der Waals surface area contributed by atoms with Crippen LogP contribution in [0.15, 0.2) is 43.0 Å². The smallest absolute Gasteiger partial charge is 0.0946 e. The summed E-state index contributed by atoms with van der Waals surface area (Å²) in [5.74, 6) is 0. The highest BCUT2D eigenvalue weighted by Crippen LogP contribution is 2.02. The second kappa shape index (κ2) is 5.47. The van der Waals surface area contributed by atoms with Gasteiger partial charge in [0, 0.05) is 32.0 Å². The van der Waals surface area contributed by atoms with Gasteiger partial charge in [-0.05, 0) is 12.5 Å². The van der Waals surface area contributed by atoms with Crippen LogP contribution < -0.4 is 5.32 Å². The van der Waals surface area contributed by atoms with Crippen molar-refractivity contribution in [1.82, 2.24) is 14.9 Å². The summed E-state index contributed by atoms with van der Waals surface area (Å²) < 4.78 is 2.07. The van der Waals surface area contributed by atoms with Crippen LogP contribution in [-0.2, 0) is 13.1 Å². The fourth-order valence-corrected chi connectivity index (χ4v) is 1.57. The summed E-state index contributed by atoms with van der Waals surface area (Å²) in [5.41, 5.74) is 2.64. The van der Waals surface area contributed by atoms with Crippen LogP contribution in [0.25, 0.3) is 0 Å². The van der Waals surface area contributed by atoms with Crippen LogP contribution in [0, 0.1) is 6.92 Å². The Bertz CT molecular complexity index is 403. The molecule has 0 atom stereocenters. The van der Waals surface area contributed by atoms with E-state index in [1.165, 1.54) is 11.1 Å². The maximum atomic E-state index is 4.00. The number of nitrogens with one attached hydrogen (secondary N) is 1. The Hall–Kier alpha value is -1.61. The van der Waals surface area contributed by atoms with Crippen LogP contribution in [0.2, 0.25) is 0 Å². The van der Waals surface area contributed by atoms with Crippen LogP contribution in [0.3, 0.4) is 0 Å². The molecule has 0 saturated heterocycles. The van der Waals surface area contributed by atoms with Crippen molar-refractivity contribution in [2.24, 2.45) is 0 Å². The molecule has 0 aliphatic rings. The molecule has 2 rings (SSSR count). The fourth-order valence-electron chi connectivity index (χ4n) is 1.57. The molecule has 1 N–H and O–H groups in total. The van der Waals surface area contributed by atoms with Gasteiger partial charge >= 0.3 is 0 Å². The second-order valence-electron chi connectivity index (χ2n) is 3.96. The average molecular weight is 215 g/mol. The molecule has 16 heavy (non-hydrogen) atoms. The molecule has 0 bridgehead atoms. The summed E-state index contributed by atoms with van der Waals surface area (Å²) in [6.45, 7) is 4.96. The normalized spacial score (nSPS) is 10.6. The zero-order valence-corrected chi connectivity index (χ0v) is 9.56. The van der Waals surface area contributed by atoms with E-state index in [1.807, 2.05) is 12.5 Å². The standard InChI is InChI=1S/C13H17N3/c1-12-2-4-13(5-3-12)10-14-6-8-16-9-7-15-11-16/h2-5,7,9,11,14H,6,8,10H2,1H3. The van der Waals surface area contributed by atoms with E-state index in [0.717, 1.165) is 19.6 Å². The summed E-state index contributed by atoms with van der Waals surface area (Å²) in [7, 11) is 0. The molecular formula is C13H17N3. The van der Waals surface area contributed by atoms with Gasteiger partial charge in [0.25, 0.3) is 0 Å². The van der Waals surface area contributed by atoms with E-state index in [2.05, 4.69) is 46.1 Å². The first-order chi connectivity index (χ1) is 7.84. The first-order valence-corrected chi connectivity index (χ1v) is 5.56. The molecular weight excluding hydrogens is 198 g/mol. The summed E-state index contributed by atoms with van der Waals surface area (Å²) in [6, 6.07) is 8.62. The van der Waals surface area contributed by atoms with E-state index in [-0.39, 0.29) is 0 Å². The summed E-state index contributed by atoms with van der Waals surface area (Å²) in [6.07, 6.45) is 5.63. The molecule has 3 nitrogen and oxygen atoms in total. The highest BCUT2D eigenvalue weighted by Gasteiger charge is 1.93. The van der Waals surface area contributed by atoms with Gasteiger partial charge in [-0.15, -0.1) is 0 Å². The third-order valence-electron chi connectivity index (χ3n) is 2.56. The fraction of sp³-hybridized carbons (Fsp3) is 0.308. The molecule has 0 aliphatic heterocycles. The lowest BCUT2D eigenvalue weighted by molar-refractivity contribution is 0.597. The quantitative estimate of drug-likeness (QED) is 0.773. The Balaban J connectivity index is 1.70. The molecule has 0 saturated carbocycles. The van der Waals surface area contributed by atoms with E-state index >= 15 is 0 Å². The Kier molecular flexibility index (Phi) is 3.72. The number of imidazole rings is 1. The minimum atomic E-state index is 0.926. The third kappa shape index (κ3) is 3.21. The second-order valence-corrected chi connectivity index (χ2v) is 3.96. The molecule has 0 aliphatic carbocycles. The molecule has 84 valence electrons. The third-order valence-corrected chi connectivity index (χ3v) is 2.56. The minimum Gasteiger partial charge on any atom is -0.336 e. The summed E-state index contributed by atoms with van der Waals surface area (Å²) in [5, 5.41) is 3.41. The van der Waals surface area contributed by atoms with Crippen LogP contribution in [0.1, 0.15) is 11.1 Å². The van der Waals surface area contributed by atoms with Gasteiger partial charge in [-0.1, -0.05) is 29.8 Å². The Labute approximate surface area is 96.1 Å². The predicted octanol–water partition coefficient (Wildman–Crippen LogP) is 1.98. The molecule has 0 radical (unpaired) electrons. The highest BCUT2D eigenvalue weighted by atomic mass is 15.0. The van der Waals surface area contributed by atoms with Gasteiger partial charge in [0.2, 0.25) is 0 Å². The van der Waals surface area contributed by atoms with Crippen molar-refractivity contribution in [3.05, 3.63) is 54.1 Å². The largest absolute Gasteiger partial charge is 0.336 e. The number of rotatable bonds is 5. The lowest BCUT2D eigenvalue weighted by Crippen LogP contribution is -2.18. The van der Waals surface area contributed by atoms with E-state index < -0.39 is 0 Å². The molecule has 1 aromatic heterocycles. The Morgan fingerprint density at radius 3 is 2.75 bits per heavy atom. The van der Waals surface area contributed by atoms with Crippen molar-refractivity contribution in [2.45, 2.75) is 20.0 Å². The number of hydrogen-bond donors (Lipinski definition) is 1. The maximum Gasteiger partial charge on any atom is 0.0946 e. The van der Waals surface area contributed by atoms with Crippen molar-refractivity contribution < 1.29 is 0 Å². The molecule has 0 spiro atoms. The van der Waals surface area contributed by atoms with Gasteiger partial charge in [0.05, 0.1) is 6.33 Å². The van der Waals surface area contributed by atoms with Gasteiger partial charge in [-0.2, -0.15) is 0 Å². The zero-order chi connectivity index (χ0) is 11.2. The van der Waals surface area contributed by atoms with Crippen molar-refractivity contribution in [1.29, 1.82) is 0 Å². The van der Waals surface area contributed by atoms with E-state index in [4.69, 9.17) is 0 Å². The van der Waals surface area contributed by atoms with Gasteiger partial charge < -0.3 is 9.88 Å². The topological polar surface area (TPSA) is 29.9 Å². The van der Waals surface area contributed by atoms with Gasteiger partial charge in [0.1, 0.15) is 0 Å². The van der Waals surface area contributed by atoms with Gasteiger partial charge in [0.15, 0.2) is 0 Å². The van der Waals surface area contributed by atoms with Crippen LogP contribution in [-0.4, -0.2) is 16.1 Å². The van der Waals surface area contributed by atoms with Gasteiger partial charge in [-0.3, -0.25) is 0 Å². The molecule has 0 amide bonds. The number of benzene rings is 1. The van der Waals surface area contributed by atoms with Crippen molar-refractivity contribution in [2.75, 3.05) is 6.54 Å². The predicted molar refractivity (Wildman–Crippen MR) is 65.1 cm³/mol. The Morgan fingerprint density at radius 2 is 2.06 bits per heavy atom. The van der Waals surface area contributed by atoms with Crippen LogP contribution >= 0.6 is 0 Å². The van der Waals surface area contributed by atoms with Crippen molar-refractivity contribution in [3.63, 3.8) is 0 Å².